The number of amides is 1. The lowest BCUT2D eigenvalue weighted by Gasteiger charge is -2.27. The first-order chi connectivity index (χ1) is 10.5. The lowest BCUT2D eigenvalue weighted by atomic mass is 10.1. The second-order valence-electron chi connectivity index (χ2n) is 5.29. The summed E-state index contributed by atoms with van der Waals surface area (Å²) in [4.78, 5) is 24.9. The summed E-state index contributed by atoms with van der Waals surface area (Å²) in [6, 6.07) is 8.46. The van der Waals surface area contributed by atoms with Crippen molar-refractivity contribution in [1.82, 2.24) is 4.90 Å². The molecule has 1 aromatic carbocycles. The van der Waals surface area contributed by atoms with Crippen molar-refractivity contribution in [3.05, 3.63) is 29.8 Å². The van der Waals surface area contributed by atoms with Crippen molar-refractivity contribution in [1.29, 1.82) is 5.26 Å². The molecule has 0 saturated carbocycles. The van der Waals surface area contributed by atoms with Crippen molar-refractivity contribution >= 4 is 11.9 Å². The molecule has 1 saturated heterocycles. The summed E-state index contributed by atoms with van der Waals surface area (Å²) in [5.41, 5.74) is 0.366. The van der Waals surface area contributed by atoms with Gasteiger partial charge in [-0.1, -0.05) is 12.1 Å². The van der Waals surface area contributed by atoms with E-state index in [0.29, 0.717) is 24.3 Å². The fraction of sp³-hybridized carbons (Fsp3) is 0.438. The molecule has 1 aliphatic rings. The molecular formula is C16H18N2O4. The van der Waals surface area contributed by atoms with Crippen molar-refractivity contribution in [2.24, 2.45) is 0 Å². The van der Waals surface area contributed by atoms with Gasteiger partial charge in [-0.2, -0.15) is 5.26 Å². The van der Waals surface area contributed by atoms with Gasteiger partial charge in [0.25, 0.3) is 5.91 Å². The molecule has 2 rings (SSSR count). The van der Waals surface area contributed by atoms with Gasteiger partial charge in [-0.3, -0.25) is 9.59 Å². The Balaban J connectivity index is 2.06. The summed E-state index contributed by atoms with van der Waals surface area (Å²) in [6.45, 7) is 2.16. The first-order valence-electron chi connectivity index (χ1n) is 7.21. The van der Waals surface area contributed by atoms with Crippen molar-refractivity contribution in [2.45, 2.75) is 38.3 Å². The number of aliphatic carboxylic acids is 1. The molecule has 6 nitrogen and oxygen atoms in total. The van der Waals surface area contributed by atoms with Crippen LogP contribution in [0.4, 0.5) is 0 Å². The van der Waals surface area contributed by atoms with Crippen molar-refractivity contribution in [3.8, 4) is 11.8 Å². The lowest BCUT2D eigenvalue weighted by Crippen LogP contribution is -2.44. The average Bonchev–Trinajstić information content (AvgIpc) is 2.94. The van der Waals surface area contributed by atoms with E-state index in [9.17, 15) is 9.59 Å². The maximum Gasteiger partial charge on any atom is 0.305 e. The highest BCUT2D eigenvalue weighted by atomic mass is 16.5. The zero-order chi connectivity index (χ0) is 16.1. The third-order valence-corrected chi connectivity index (χ3v) is 3.73. The van der Waals surface area contributed by atoms with Gasteiger partial charge in [0.2, 0.25) is 0 Å². The molecule has 1 aromatic rings. The zero-order valence-corrected chi connectivity index (χ0v) is 12.4. The molecular weight excluding hydrogens is 284 g/mol. The number of carboxylic acid groups (broad SMARTS) is 1. The van der Waals surface area contributed by atoms with Gasteiger partial charge in [0.1, 0.15) is 11.8 Å². The maximum absolute atomic E-state index is 12.5. The van der Waals surface area contributed by atoms with Crippen LogP contribution in [0.5, 0.6) is 5.75 Å². The standard InChI is InChI=1S/C16H18N2O4/c1-11(22-14-7-3-2-5-12(14)10-17)16(21)18-8-4-6-13(18)9-15(19)20/h2-3,5,7,11,13H,4,6,8-9H2,1H3,(H,19,20). The minimum Gasteiger partial charge on any atom is -0.481 e. The second-order valence-corrected chi connectivity index (χ2v) is 5.29. The number of carbonyl (C=O) groups excluding carboxylic acids is 1. The van der Waals surface area contributed by atoms with Crippen LogP contribution in [0, 0.1) is 11.3 Å². The van der Waals surface area contributed by atoms with Crippen LogP contribution in [0.3, 0.4) is 0 Å². The number of benzene rings is 1. The number of hydrogen-bond acceptors (Lipinski definition) is 4. The highest BCUT2D eigenvalue weighted by Crippen LogP contribution is 2.23. The molecule has 0 aromatic heterocycles. The molecule has 0 radical (unpaired) electrons. The summed E-state index contributed by atoms with van der Waals surface area (Å²) in [7, 11) is 0. The van der Waals surface area contributed by atoms with Gasteiger partial charge < -0.3 is 14.7 Å². The Hall–Kier alpha value is -2.55. The quantitative estimate of drug-likeness (QED) is 0.895. The molecule has 1 N–H and O–H groups in total. The predicted octanol–water partition coefficient (Wildman–Crippen LogP) is 1.79. The number of likely N-dealkylation sites (tertiary alicyclic amines) is 1. The number of rotatable bonds is 5. The average molecular weight is 302 g/mol. The van der Waals surface area contributed by atoms with Gasteiger partial charge in [0.05, 0.1) is 12.0 Å². The summed E-state index contributed by atoms with van der Waals surface area (Å²) >= 11 is 0. The monoisotopic (exact) mass is 302 g/mol. The normalized spacial score (nSPS) is 18.5. The van der Waals surface area contributed by atoms with Crippen LogP contribution < -0.4 is 4.74 Å². The van der Waals surface area contributed by atoms with E-state index < -0.39 is 12.1 Å². The third-order valence-electron chi connectivity index (χ3n) is 3.73. The van der Waals surface area contributed by atoms with E-state index in [0.717, 1.165) is 6.42 Å². The Morgan fingerprint density at radius 2 is 2.23 bits per heavy atom. The molecule has 0 spiro atoms. The molecule has 116 valence electrons. The number of hydrogen-bond donors (Lipinski definition) is 1. The van der Waals surface area contributed by atoms with E-state index in [1.165, 1.54) is 0 Å². The van der Waals surface area contributed by atoms with E-state index in [-0.39, 0.29) is 18.4 Å². The van der Waals surface area contributed by atoms with Gasteiger partial charge in [0.15, 0.2) is 6.10 Å². The van der Waals surface area contributed by atoms with Crippen LogP contribution in [0.15, 0.2) is 24.3 Å². The van der Waals surface area contributed by atoms with Gasteiger partial charge in [-0.15, -0.1) is 0 Å². The molecule has 6 heteroatoms. The summed E-state index contributed by atoms with van der Waals surface area (Å²) in [6.07, 6.45) is 0.682. The zero-order valence-electron chi connectivity index (χ0n) is 12.4. The second kappa shape index (κ2) is 6.94. The van der Waals surface area contributed by atoms with Crippen LogP contribution in [0.25, 0.3) is 0 Å². The van der Waals surface area contributed by atoms with Crippen LogP contribution >= 0.6 is 0 Å². The van der Waals surface area contributed by atoms with Crippen molar-refractivity contribution in [3.63, 3.8) is 0 Å². The number of para-hydroxylation sites is 1. The van der Waals surface area contributed by atoms with Crippen molar-refractivity contribution in [2.75, 3.05) is 6.54 Å². The van der Waals surface area contributed by atoms with Crippen LogP contribution in [-0.2, 0) is 9.59 Å². The molecule has 1 heterocycles. The van der Waals surface area contributed by atoms with Crippen LogP contribution in [0.1, 0.15) is 31.7 Å². The minimum atomic E-state index is -0.909. The molecule has 1 amide bonds. The Morgan fingerprint density at radius 3 is 2.91 bits per heavy atom. The largest absolute Gasteiger partial charge is 0.481 e. The van der Waals surface area contributed by atoms with Crippen LogP contribution in [0.2, 0.25) is 0 Å². The number of nitrogens with zero attached hydrogens (tertiary/aromatic N) is 2. The molecule has 2 atom stereocenters. The summed E-state index contributed by atoms with van der Waals surface area (Å²) in [5.74, 6) is -0.788. The Labute approximate surface area is 128 Å². The van der Waals surface area contributed by atoms with E-state index in [2.05, 4.69) is 0 Å². The minimum absolute atomic E-state index is 0.0484. The summed E-state index contributed by atoms with van der Waals surface area (Å²) < 4.78 is 5.60. The Kier molecular flexibility index (Phi) is 4.99. The highest BCUT2D eigenvalue weighted by Gasteiger charge is 2.33. The number of carboxylic acids is 1. The number of nitriles is 1. The fourth-order valence-corrected chi connectivity index (χ4v) is 2.68. The van der Waals surface area contributed by atoms with Gasteiger partial charge >= 0.3 is 5.97 Å². The molecule has 0 bridgehead atoms. The Bertz CT molecular complexity index is 608. The number of ether oxygens (including phenoxy) is 1. The lowest BCUT2D eigenvalue weighted by molar-refractivity contribution is -0.142. The van der Waals surface area contributed by atoms with Gasteiger partial charge in [0, 0.05) is 12.6 Å². The highest BCUT2D eigenvalue weighted by molar-refractivity contribution is 5.82. The molecule has 1 fully saturated rings. The van der Waals surface area contributed by atoms with E-state index in [4.69, 9.17) is 15.1 Å². The van der Waals surface area contributed by atoms with Gasteiger partial charge in [-0.25, -0.2) is 0 Å². The van der Waals surface area contributed by atoms with E-state index in [1.807, 2.05) is 6.07 Å². The SMILES string of the molecule is CC(Oc1ccccc1C#N)C(=O)N1CCCC1CC(=O)O. The fourth-order valence-electron chi connectivity index (χ4n) is 2.68. The molecule has 2 unspecified atom stereocenters. The smallest absolute Gasteiger partial charge is 0.305 e. The van der Waals surface area contributed by atoms with Crippen molar-refractivity contribution < 1.29 is 19.4 Å². The summed E-state index contributed by atoms with van der Waals surface area (Å²) in [5, 5.41) is 17.9. The van der Waals surface area contributed by atoms with E-state index >= 15 is 0 Å². The van der Waals surface area contributed by atoms with Gasteiger partial charge in [-0.05, 0) is 31.9 Å². The van der Waals surface area contributed by atoms with Crippen LogP contribution in [-0.4, -0.2) is 40.6 Å². The molecule has 0 aliphatic carbocycles. The first-order valence-corrected chi connectivity index (χ1v) is 7.21. The molecule has 22 heavy (non-hydrogen) atoms. The Morgan fingerprint density at radius 1 is 1.50 bits per heavy atom. The van der Waals surface area contributed by atoms with E-state index in [1.54, 1.807) is 36.1 Å². The predicted molar refractivity (Wildman–Crippen MR) is 78.2 cm³/mol. The number of carbonyl (C=O) groups is 2. The first kappa shape index (κ1) is 15.8. The third kappa shape index (κ3) is 3.55. The maximum atomic E-state index is 12.5. The molecule has 1 aliphatic heterocycles. The topological polar surface area (TPSA) is 90.6 Å².